The van der Waals surface area contributed by atoms with Crippen LogP contribution in [-0.2, 0) is 14.3 Å². The van der Waals surface area contributed by atoms with E-state index in [1.54, 1.807) is 4.90 Å². The number of rotatable bonds is 4. The maximum atomic E-state index is 12.5. The van der Waals surface area contributed by atoms with Crippen LogP contribution in [0.25, 0.3) is 0 Å². The quantitative estimate of drug-likeness (QED) is 0.572. The van der Waals surface area contributed by atoms with Crippen molar-refractivity contribution in [1.29, 1.82) is 0 Å². The molecule has 0 unspecified atom stereocenters. The van der Waals surface area contributed by atoms with Crippen molar-refractivity contribution in [2.75, 3.05) is 13.7 Å². The molecule has 1 aliphatic carbocycles. The summed E-state index contributed by atoms with van der Waals surface area (Å²) in [5.41, 5.74) is 0. The second-order valence-corrected chi connectivity index (χ2v) is 5.32. The molecule has 18 heavy (non-hydrogen) atoms. The third kappa shape index (κ3) is 4.31. The van der Waals surface area contributed by atoms with E-state index in [2.05, 4.69) is 4.74 Å². The number of carbonyl (C=O) groups is 2. The van der Waals surface area contributed by atoms with Crippen molar-refractivity contribution >= 4 is 11.9 Å². The van der Waals surface area contributed by atoms with Crippen molar-refractivity contribution in [3.05, 3.63) is 0 Å². The molecule has 0 atom stereocenters. The van der Waals surface area contributed by atoms with Crippen molar-refractivity contribution < 1.29 is 14.3 Å². The van der Waals surface area contributed by atoms with E-state index in [9.17, 15) is 9.59 Å². The van der Waals surface area contributed by atoms with E-state index in [4.69, 9.17) is 0 Å². The maximum absolute atomic E-state index is 12.5. The lowest BCUT2D eigenvalue weighted by atomic mass is 9.98. The van der Waals surface area contributed by atoms with Gasteiger partial charge in [0, 0.05) is 12.0 Å². The first kappa shape index (κ1) is 15.0. The van der Waals surface area contributed by atoms with Gasteiger partial charge in [0.15, 0.2) is 0 Å². The molecule has 1 amide bonds. The number of esters is 1. The summed E-state index contributed by atoms with van der Waals surface area (Å²) >= 11 is 0. The third-order valence-corrected chi connectivity index (χ3v) is 3.64. The largest absolute Gasteiger partial charge is 0.468 e. The summed E-state index contributed by atoms with van der Waals surface area (Å²) in [5.74, 6) is -0.123. The Morgan fingerprint density at radius 2 is 1.72 bits per heavy atom. The van der Waals surface area contributed by atoms with Crippen LogP contribution in [0.5, 0.6) is 0 Å². The zero-order valence-corrected chi connectivity index (χ0v) is 11.8. The van der Waals surface area contributed by atoms with Gasteiger partial charge in [-0.2, -0.15) is 0 Å². The molecular formula is C14H25NO3. The van der Waals surface area contributed by atoms with Crippen molar-refractivity contribution in [3.8, 4) is 0 Å². The SMILES string of the molecule is COC(=O)CN(C(=O)C1CCCCCC1)C(C)C. The van der Waals surface area contributed by atoms with Gasteiger partial charge in [0.25, 0.3) is 0 Å². The van der Waals surface area contributed by atoms with Gasteiger partial charge in [0.1, 0.15) is 6.54 Å². The molecule has 0 saturated heterocycles. The molecule has 1 saturated carbocycles. The third-order valence-electron chi connectivity index (χ3n) is 3.64. The predicted octanol–water partition coefficient (Wildman–Crippen LogP) is 2.37. The highest BCUT2D eigenvalue weighted by atomic mass is 16.5. The molecule has 0 radical (unpaired) electrons. The highest BCUT2D eigenvalue weighted by Gasteiger charge is 2.28. The van der Waals surface area contributed by atoms with Gasteiger partial charge in [-0.05, 0) is 26.7 Å². The van der Waals surface area contributed by atoms with E-state index < -0.39 is 0 Å². The zero-order chi connectivity index (χ0) is 13.5. The Balaban J connectivity index is 2.65. The van der Waals surface area contributed by atoms with Crippen LogP contribution in [0.3, 0.4) is 0 Å². The average molecular weight is 255 g/mol. The van der Waals surface area contributed by atoms with E-state index >= 15 is 0 Å². The van der Waals surface area contributed by atoms with E-state index in [1.807, 2.05) is 13.8 Å². The molecule has 0 spiro atoms. The molecule has 0 bridgehead atoms. The minimum atomic E-state index is -0.342. The Morgan fingerprint density at radius 3 is 2.17 bits per heavy atom. The fraction of sp³-hybridized carbons (Fsp3) is 0.857. The fourth-order valence-electron chi connectivity index (χ4n) is 2.48. The normalized spacial score (nSPS) is 17.3. The topological polar surface area (TPSA) is 46.6 Å². The highest BCUT2D eigenvalue weighted by molar-refractivity contribution is 5.83. The number of hydrogen-bond donors (Lipinski definition) is 0. The van der Waals surface area contributed by atoms with E-state index in [1.165, 1.54) is 20.0 Å². The summed E-state index contributed by atoms with van der Waals surface area (Å²) in [6.45, 7) is 3.96. The van der Waals surface area contributed by atoms with Gasteiger partial charge in [-0.15, -0.1) is 0 Å². The van der Waals surface area contributed by atoms with Gasteiger partial charge in [0.05, 0.1) is 7.11 Å². The first-order chi connectivity index (χ1) is 8.56. The molecular weight excluding hydrogens is 230 g/mol. The molecule has 0 N–H and O–H groups in total. The molecule has 0 aliphatic heterocycles. The summed E-state index contributed by atoms with van der Waals surface area (Å²) in [4.78, 5) is 25.5. The van der Waals surface area contributed by atoms with E-state index in [0.717, 1.165) is 25.7 Å². The van der Waals surface area contributed by atoms with Crippen LogP contribution < -0.4 is 0 Å². The summed E-state index contributed by atoms with van der Waals surface area (Å²) in [6, 6.07) is 0.0415. The lowest BCUT2D eigenvalue weighted by molar-refractivity contribution is -0.150. The van der Waals surface area contributed by atoms with Gasteiger partial charge >= 0.3 is 5.97 Å². The Hall–Kier alpha value is -1.06. The minimum absolute atomic E-state index is 0.0415. The smallest absolute Gasteiger partial charge is 0.325 e. The number of ether oxygens (including phenoxy) is 1. The molecule has 4 nitrogen and oxygen atoms in total. The number of amides is 1. The molecule has 0 aromatic carbocycles. The van der Waals surface area contributed by atoms with E-state index in [0.29, 0.717) is 0 Å². The number of hydrogen-bond acceptors (Lipinski definition) is 3. The van der Waals surface area contributed by atoms with Gasteiger partial charge in [-0.25, -0.2) is 0 Å². The second-order valence-electron chi connectivity index (χ2n) is 5.32. The van der Waals surface area contributed by atoms with Crippen molar-refractivity contribution in [1.82, 2.24) is 4.90 Å². The molecule has 0 heterocycles. The molecule has 1 aliphatic rings. The predicted molar refractivity (Wildman–Crippen MR) is 70.1 cm³/mol. The number of carbonyl (C=O) groups excluding carboxylic acids is 2. The minimum Gasteiger partial charge on any atom is -0.468 e. The maximum Gasteiger partial charge on any atom is 0.325 e. The Morgan fingerprint density at radius 1 is 1.17 bits per heavy atom. The van der Waals surface area contributed by atoms with Crippen molar-refractivity contribution in [2.45, 2.75) is 58.4 Å². The summed E-state index contributed by atoms with van der Waals surface area (Å²) in [7, 11) is 1.36. The number of methoxy groups -OCH3 is 1. The molecule has 0 aromatic heterocycles. The Labute approximate surface area is 110 Å². The molecule has 1 rings (SSSR count). The lowest BCUT2D eigenvalue weighted by Gasteiger charge is -2.29. The molecule has 1 fully saturated rings. The number of nitrogens with zero attached hydrogens (tertiary/aromatic N) is 1. The lowest BCUT2D eigenvalue weighted by Crippen LogP contribution is -2.44. The van der Waals surface area contributed by atoms with Crippen LogP contribution in [-0.4, -0.2) is 36.5 Å². The van der Waals surface area contributed by atoms with Crippen LogP contribution in [0.15, 0.2) is 0 Å². The average Bonchev–Trinajstić information content (AvgIpc) is 2.63. The first-order valence-corrected chi connectivity index (χ1v) is 6.93. The van der Waals surface area contributed by atoms with Crippen molar-refractivity contribution in [3.63, 3.8) is 0 Å². The molecule has 104 valence electrons. The summed E-state index contributed by atoms with van der Waals surface area (Å²) in [6.07, 6.45) is 6.62. The van der Waals surface area contributed by atoms with Crippen LogP contribution in [0, 0.1) is 5.92 Å². The van der Waals surface area contributed by atoms with Crippen LogP contribution in [0.4, 0.5) is 0 Å². The van der Waals surface area contributed by atoms with Crippen LogP contribution in [0.2, 0.25) is 0 Å². The summed E-state index contributed by atoms with van der Waals surface area (Å²) in [5, 5.41) is 0. The Bertz CT molecular complexity index is 281. The summed E-state index contributed by atoms with van der Waals surface area (Å²) < 4.78 is 4.66. The fourth-order valence-corrected chi connectivity index (χ4v) is 2.48. The standard InChI is InChI=1S/C14H25NO3/c1-11(2)15(10-13(16)18-3)14(17)12-8-6-4-5-7-9-12/h11-12H,4-10H2,1-3H3. The first-order valence-electron chi connectivity index (χ1n) is 6.93. The zero-order valence-electron chi connectivity index (χ0n) is 11.8. The highest BCUT2D eigenvalue weighted by Crippen LogP contribution is 2.25. The molecule has 4 heteroatoms. The van der Waals surface area contributed by atoms with Crippen LogP contribution in [0.1, 0.15) is 52.4 Å². The van der Waals surface area contributed by atoms with Gasteiger partial charge in [-0.3, -0.25) is 9.59 Å². The van der Waals surface area contributed by atoms with Crippen molar-refractivity contribution in [2.24, 2.45) is 5.92 Å². The monoisotopic (exact) mass is 255 g/mol. The van der Waals surface area contributed by atoms with Gasteiger partial charge in [0.2, 0.25) is 5.91 Å². The van der Waals surface area contributed by atoms with Crippen LogP contribution >= 0.6 is 0 Å². The van der Waals surface area contributed by atoms with E-state index in [-0.39, 0.29) is 30.4 Å². The second kappa shape index (κ2) is 7.39. The van der Waals surface area contributed by atoms with Gasteiger partial charge in [-0.1, -0.05) is 25.7 Å². The van der Waals surface area contributed by atoms with Gasteiger partial charge < -0.3 is 9.64 Å². The molecule has 0 aromatic rings. The Kier molecular flexibility index (Phi) is 6.16.